The van der Waals surface area contributed by atoms with E-state index in [9.17, 15) is 9.59 Å². The topological polar surface area (TPSA) is 37.4 Å². The van der Waals surface area contributed by atoms with E-state index >= 15 is 0 Å². The molecule has 0 spiro atoms. The molecule has 0 saturated carbocycles. The molecule has 3 heteroatoms. The fourth-order valence-electron chi connectivity index (χ4n) is 2.43. The molecule has 1 aliphatic rings. The van der Waals surface area contributed by atoms with E-state index in [2.05, 4.69) is 0 Å². The minimum absolute atomic E-state index is 0.133. The Balaban J connectivity index is 2.57. The highest BCUT2D eigenvalue weighted by Crippen LogP contribution is 2.29. The normalized spacial score (nSPS) is 18.9. The molecule has 0 bridgehead atoms. The predicted octanol–water partition coefficient (Wildman–Crippen LogP) is 2.89. The minimum Gasteiger partial charge on any atom is -0.342 e. The second kappa shape index (κ2) is 5.02. The number of nitrogens with zero attached hydrogens (tertiary/aromatic N) is 1. The number of amides is 1. The maximum atomic E-state index is 12.2. The summed E-state index contributed by atoms with van der Waals surface area (Å²) in [6.07, 6.45) is 1.63. The number of likely N-dealkylation sites (tertiary alicyclic amines) is 1. The molecule has 1 aliphatic heterocycles. The van der Waals surface area contributed by atoms with E-state index < -0.39 is 0 Å². The largest absolute Gasteiger partial charge is 0.342 e. The molecule has 18 heavy (non-hydrogen) atoms. The van der Waals surface area contributed by atoms with Crippen LogP contribution in [0.25, 0.3) is 0 Å². The van der Waals surface area contributed by atoms with Gasteiger partial charge in [-0.1, -0.05) is 41.5 Å². The summed E-state index contributed by atoms with van der Waals surface area (Å²) in [6.45, 7) is 13.2. The molecule has 0 aliphatic carbocycles. The average Bonchev–Trinajstić information content (AvgIpc) is 2.25. The summed E-state index contributed by atoms with van der Waals surface area (Å²) in [4.78, 5) is 26.2. The third kappa shape index (κ3) is 3.56. The van der Waals surface area contributed by atoms with Gasteiger partial charge in [0.05, 0.1) is 0 Å². The summed E-state index contributed by atoms with van der Waals surface area (Å²) in [5.41, 5.74) is -0.582. The van der Waals surface area contributed by atoms with Crippen LogP contribution in [-0.4, -0.2) is 29.7 Å². The van der Waals surface area contributed by atoms with Gasteiger partial charge in [0, 0.05) is 29.8 Å². The lowest BCUT2D eigenvalue weighted by Gasteiger charge is -2.36. The first-order chi connectivity index (χ1) is 8.03. The smallest absolute Gasteiger partial charge is 0.227 e. The molecule has 3 nitrogen and oxygen atoms in total. The number of Topliss-reactive ketones (excluding diaryl/α,β-unsaturated/α-hetero) is 1. The Bertz CT molecular complexity index is 291. The number of piperidine rings is 1. The quantitative estimate of drug-likeness (QED) is 0.720. The van der Waals surface area contributed by atoms with Crippen LogP contribution >= 0.6 is 0 Å². The van der Waals surface area contributed by atoms with Gasteiger partial charge in [-0.15, -0.1) is 0 Å². The van der Waals surface area contributed by atoms with Crippen molar-refractivity contribution in [2.75, 3.05) is 13.1 Å². The van der Waals surface area contributed by atoms with Crippen molar-refractivity contribution in [3.63, 3.8) is 0 Å². The molecule has 0 unspecified atom stereocenters. The summed E-state index contributed by atoms with van der Waals surface area (Å²) in [5, 5.41) is 0. The summed E-state index contributed by atoms with van der Waals surface area (Å²) in [6, 6.07) is 0. The molecule has 0 aromatic heterocycles. The Kier molecular flexibility index (Phi) is 4.24. The number of hydrogen-bond acceptors (Lipinski definition) is 2. The Morgan fingerprint density at radius 3 is 1.67 bits per heavy atom. The molecule has 1 fully saturated rings. The van der Waals surface area contributed by atoms with Crippen molar-refractivity contribution < 1.29 is 9.59 Å². The van der Waals surface area contributed by atoms with Crippen molar-refractivity contribution in [3.05, 3.63) is 0 Å². The van der Waals surface area contributed by atoms with Gasteiger partial charge in [0.15, 0.2) is 0 Å². The summed E-state index contributed by atoms with van der Waals surface area (Å²) in [5.74, 6) is 0.670. The van der Waals surface area contributed by atoms with Crippen LogP contribution in [-0.2, 0) is 9.59 Å². The van der Waals surface area contributed by atoms with Crippen LogP contribution in [0, 0.1) is 16.7 Å². The highest BCUT2D eigenvalue weighted by Gasteiger charge is 2.35. The van der Waals surface area contributed by atoms with Crippen molar-refractivity contribution in [2.45, 2.75) is 54.4 Å². The SMILES string of the molecule is CC(C)(C)C(=O)C1CCN(C(=O)C(C)(C)C)CC1. The fraction of sp³-hybridized carbons (Fsp3) is 0.867. The lowest BCUT2D eigenvalue weighted by Crippen LogP contribution is -2.46. The van der Waals surface area contributed by atoms with Gasteiger partial charge in [-0.25, -0.2) is 0 Å². The van der Waals surface area contributed by atoms with Gasteiger partial charge in [0.1, 0.15) is 5.78 Å². The molecule has 1 amide bonds. The molecule has 0 aromatic carbocycles. The second-order valence-corrected chi connectivity index (χ2v) is 7.43. The third-order valence-electron chi connectivity index (χ3n) is 3.53. The van der Waals surface area contributed by atoms with Gasteiger partial charge in [0.25, 0.3) is 0 Å². The molecule has 104 valence electrons. The van der Waals surface area contributed by atoms with Crippen molar-refractivity contribution in [1.82, 2.24) is 4.90 Å². The summed E-state index contributed by atoms with van der Waals surface area (Å²) >= 11 is 0. The lowest BCUT2D eigenvalue weighted by molar-refractivity contribution is -0.143. The first-order valence-electron chi connectivity index (χ1n) is 6.87. The number of carbonyl (C=O) groups excluding carboxylic acids is 2. The van der Waals surface area contributed by atoms with E-state index in [1.807, 2.05) is 46.4 Å². The predicted molar refractivity (Wildman–Crippen MR) is 73.2 cm³/mol. The molecule has 0 aromatic rings. The number of carbonyl (C=O) groups is 2. The fourth-order valence-corrected chi connectivity index (χ4v) is 2.43. The highest BCUT2D eigenvalue weighted by molar-refractivity contribution is 5.86. The van der Waals surface area contributed by atoms with Crippen molar-refractivity contribution in [1.29, 1.82) is 0 Å². The van der Waals surface area contributed by atoms with Crippen molar-refractivity contribution in [2.24, 2.45) is 16.7 Å². The van der Waals surface area contributed by atoms with Crippen LogP contribution in [0.2, 0.25) is 0 Å². The van der Waals surface area contributed by atoms with E-state index in [4.69, 9.17) is 0 Å². The van der Waals surface area contributed by atoms with E-state index in [-0.39, 0.29) is 22.7 Å². The van der Waals surface area contributed by atoms with E-state index in [1.165, 1.54) is 0 Å². The van der Waals surface area contributed by atoms with Crippen LogP contribution in [0.5, 0.6) is 0 Å². The maximum Gasteiger partial charge on any atom is 0.227 e. The molecule has 0 radical (unpaired) electrons. The molecular formula is C15H27NO2. The second-order valence-electron chi connectivity index (χ2n) is 7.43. The molecular weight excluding hydrogens is 226 g/mol. The highest BCUT2D eigenvalue weighted by atomic mass is 16.2. The Morgan fingerprint density at radius 1 is 0.889 bits per heavy atom. The molecule has 1 heterocycles. The van der Waals surface area contributed by atoms with Crippen LogP contribution in [0.1, 0.15) is 54.4 Å². The Morgan fingerprint density at radius 2 is 1.33 bits per heavy atom. The van der Waals surface area contributed by atoms with E-state index in [1.54, 1.807) is 0 Å². The van der Waals surface area contributed by atoms with Crippen LogP contribution in [0.4, 0.5) is 0 Å². The van der Waals surface area contributed by atoms with Gasteiger partial charge in [0.2, 0.25) is 5.91 Å². The number of ketones is 1. The first kappa shape index (κ1) is 15.2. The Labute approximate surface area is 111 Å². The zero-order chi connectivity index (χ0) is 14.1. The lowest BCUT2D eigenvalue weighted by atomic mass is 9.78. The molecule has 0 N–H and O–H groups in total. The van der Waals surface area contributed by atoms with E-state index in [0.29, 0.717) is 5.78 Å². The Hall–Kier alpha value is -0.860. The number of hydrogen-bond donors (Lipinski definition) is 0. The first-order valence-corrected chi connectivity index (χ1v) is 6.87. The summed E-state index contributed by atoms with van der Waals surface area (Å²) < 4.78 is 0. The zero-order valence-electron chi connectivity index (χ0n) is 12.7. The summed E-state index contributed by atoms with van der Waals surface area (Å²) in [7, 11) is 0. The van der Waals surface area contributed by atoms with Gasteiger partial charge in [-0.2, -0.15) is 0 Å². The minimum atomic E-state index is -0.319. The molecule has 1 saturated heterocycles. The molecule has 0 atom stereocenters. The zero-order valence-corrected chi connectivity index (χ0v) is 12.7. The van der Waals surface area contributed by atoms with Crippen molar-refractivity contribution >= 4 is 11.7 Å². The van der Waals surface area contributed by atoms with Gasteiger partial charge in [-0.3, -0.25) is 9.59 Å². The standard InChI is InChI=1S/C15H27NO2/c1-14(2,3)12(17)11-7-9-16(10-8-11)13(18)15(4,5)6/h11H,7-10H2,1-6H3. The van der Waals surface area contributed by atoms with E-state index in [0.717, 1.165) is 25.9 Å². The van der Waals surface area contributed by atoms with Crippen LogP contribution < -0.4 is 0 Å². The average molecular weight is 253 g/mol. The van der Waals surface area contributed by atoms with Crippen LogP contribution in [0.3, 0.4) is 0 Å². The number of rotatable bonds is 1. The van der Waals surface area contributed by atoms with Crippen molar-refractivity contribution in [3.8, 4) is 0 Å². The third-order valence-corrected chi connectivity index (χ3v) is 3.53. The van der Waals surface area contributed by atoms with Gasteiger partial charge >= 0.3 is 0 Å². The monoisotopic (exact) mass is 253 g/mol. The maximum absolute atomic E-state index is 12.2. The molecule has 1 rings (SSSR count). The van der Waals surface area contributed by atoms with Gasteiger partial charge in [-0.05, 0) is 12.8 Å². The van der Waals surface area contributed by atoms with Gasteiger partial charge < -0.3 is 4.90 Å². The van der Waals surface area contributed by atoms with Crippen LogP contribution in [0.15, 0.2) is 0 Å².